The number of nitrogens with two attached hydrogens (primary N) is 1. The number of halogens is 2. The molecule has 1 rings (SSSR count). The van der Waals surface area contributed by atoms with E-state index in [2.05, 4.69) is 6.58 Å². The normalized spacial score (nSPS) is 12.6. The van der Waals surface area contributed by atoms with Crippen molar-refractivity contribution in [1.82, 2.24) is 0 Å². The van der Waals surface area contributed by atoms with Crippen LogP contribution in [0.1, 0.15) is 24.9 Å². The van der Waals surface area contributed by atoms with Crippen molar-refractivity contribution >= 4 is 0 Å². The predicted molar refractivity (Wildman–Crippen MR) is 52.7 cm³/mol. The second-order valence-electron chi connectivity index (χ2n) is 3.47. The first-order valence-corrected chi connectivity index (χ1v) is 4.35. The van der Waals surface area contributed by atoms with Crippen LogP contribution in [0.25, 0.3) is 0 Å². The van der Waals surface area contributed by atoms with E-state index >= 15 is 0 Å². The number of rotatable bonds is 3. The molecule has 0 aliphatic rings. The minimum absolute atomic E-state index is 0.391. The molecule has 2 N–H and O–H groups in total. The van der Waals surface area contributed by atoms with Gasteiger partial charge in [-0.25, -0.2) is 8.78 Å². The molecule has 3 heteroatoms. The van der Waals surface area contributed by atoms with Gasteiger partial charge in [-0.05, 0) is 31.0 Å². The summed E-state index contributed by atoms with van der Waals surface area (Å²) in [5, 5.41) is 0. The van der Waals surface area contributed by atoms with Crippen LogP contribution in [0.5, 0.6) is 0 Å². The lowest BCUT2D eigenvalue weighted by molar-refractivity contribution is 0.572. The first-order chi connectivity index (χ1) is 6.49. The Kier molecular flexibility index (Phi) is 3.36. The molecule has 1 atom stereocenters. The number of hydrogen-bond acceptors (Lipinski definition) is 1. The van der Waals surface area contributed by atoms with Crippen LogP contribution < -0.4 is 5.73 Å². The second-order valence-corrected chi connectivity index (χ2v) is 3.47. The van der Waals surface area contributed by atoms with Crippen LogP contribution in [-0.4, -0.2) is 0 Å². The molecule has 1 aromatic rings. The fourth-order valence-electron chi connectivity index (χ4n) is 1.28. The van der Waals surface area contributed by atoms with Crippen molar-refractivity contribution in [1.29, 1.82) is 0 Å². The molecular formula is C11H13F2N. The van der Waals surface area contributed by atoms with Gasteiger partial charge in [-0.15, -0.1) is 6.58 Å². The van der Waals surface area contributed by atoms with E-state index in [0.29, 0.717) is 12.0 Å². The van der Waals surface area contributed by atoms with Crippen molar-refractivity contribution in [2.45, 2.75) is 19.4 Å². The quantitative estimate of drug-likeness (QED) is 0.741. The minimum atomic E-state index is -0.600. The van der Waals surface area contributed by atoms with E-state index in [1.165, 1.54) is 12.1 Å². The van der Waals surface area contributed by atoms with Gasteiger partial charge in [0.2, 0.25) is 0 Å². The molecule has 76 valence electrons. The summed E-state index contributed by atoms with van der Waals surface area (Å²) in [7, 11) is 0. The van der Waals surface area contributed by atoms with E-state index in [-0.39, 0.29) is 0 Å². The second kappa shape index (κ2) is 4.33. The molecule has 0 aromatic heterocycles. The Bertz CT molecular complexity index is 327. The maximum absolute atomic E-state index is 12.8. The standard InChI is InChI=1S/C11H13F2N/c1-7(2)3-11(14)8-4-9(12)6-10(13)5-8/h4-6,11H,1,3,14H2,2H3. The molecule has 1 unspecified atom stereocenters. The molecule has 0 fully saturated rings. The molecule has 0 spiro atoms. The Morgan fingerprint density at radius 2 is 1.86 bits per heavy atom. The van der Waals surface area contributed by atoms with Gasteiger partial charge >= 0.3 is 0 Å². The van der Waals surface area contributed by atoms with Crippen LogP contribution in [0.4, 0.5) is 8.78 Å². The van der Waals surface area contributed by atoms with Crippen molar-refractivity contribution in [3.63, 3.8) is 0 Å². The first kappa shape index (κ1) is 10.9. The summed E-state index contributed by atoms with van der Waals surface area (Å²) in [4.78, 5) is 0. The summed E-state index contributed by atoms with van der Waals surface area (Å²) in [5.74, 6) is -1.20. The van der Waals surface area contributed by atoms with Crippen molar-refractivity contribution in [2.24, 2.45) is 5.73 Å². The highest BCUT2D eigenvalue weighted by atomic mass is 19.1. The van der Waals surface area contributed by atoms with E-state index in [4.69, 9.17) is 5.73 Å². The predicted octanol–water partition coefficient (Wildman–Crippen LogP) is 2.93. The minimum Gasteiger partial charge on any atom is -0.324 e. The van der Waals surface area contributed by atoms with E-state index in [0.717, 1.165) is 11.6 Å². The highest BCUT2D eigenvalue weighted by Crippen LogP contribution is 2.19. The zero-order chi connectivity index (χ0) is 10.7. The van der Waals surface area contributed by atoms with E-state index < -0.39 is 17.7 Å². The maximum atomic E-state index is 12.8. The third-order valence-electron chi connectivity index (χ3n) is 1.88. The fraction of sp³-hybridized carbons (Fsp3) is 0.273. The summed E-state index contributed by atoms with van der Waals surface area (Å²) in [5.41, 5.74) is 7.09. The van der Waals surface area contributed by atoms with Gasteiger partial charge in [0.25, 0.3) is 0 Å². The Labute approximate surface area is 82.2 Å². The van der Waals surface area contributed by atoms with Crippen LogP contribution in [0.2, 0.25) is 0 Å². The van der Waals surface area contributed by atoms with Gasteiger partial charge in [0.05, 0.1) is 0 Å². The van der Waals surface area contributed by atoms with Gasteiger partial charge in [-0.1, -0.05) is 5.57 Å². The van der Waals surface area contributed by atoms with Gasteiger partial charge in [0.15, 0.2) is 0 Å². The molecule has 1 aromatic carbocycles. The topological polar surface area (TPSA) is 26.0 Å². The molecule has 0 saturated carbocycles. The van der Waals surface area contributed by atoms with Crippen molar-refractivity contribution in [3.8, 4) is 0 Å². The third kappa shape index (κ3) is 2.92. The maximum Gasteiger partial charge on any atom is 0.126 e. The molecular weight excluding hydrogens is 184 g/mol. The summed E-state index contributed by atoms with van der Waals surface area (Å²) >= 11 is 0. The van der Waals surface area contributed by atoms with Crippen LogP contribution in [0.3, 0.4) is 0 Å². The van der Waals surface area contributed by atoms with Gasteiger partial charge in [0, 0.05) is 12.1 Å². The highest BCUT2D eigenvalue weighted by molar-refractivity contribution is 5.22. The average molecular weight is 197 g/mol. The van der Waals surface area contributed by atoms with E-state index in [1.54, 1.807) is 0 Å². The Balaban J connectivity index is 2.89. The Hall–Kier alpha value is -1.22. The van der Waals surface area contributed by atoms with Crippen LogP contribution in [0.15, 0.2) is 30.4 Å². The lowest BCUT2D eigenvalue weighted by Crippen LogP contribution is -2.11. The SMILES string of the molecule is C=C(C)CC(N)c1cc(F)cc(F)c1. The van der Waals surface area contributed by atoms with Crippen LogP contribution in [-0.2, 0) is 0 Å². The van der Waals surface area contributed by atoms with Crippen molar-refractivity contribution in [2.75, 3.05) is 0 Å². The summed E-state index contributed by atoms with van der Waals surface area (Å²) in [6.45, 7) is 5.53. The zero-order valence-electron chi connectivity index (χ0n) is 8.06. The molecule has 0 aliphatic heterocycles. The molecule has 0 saturated heterocycles. The molecule has 14 heavy (non-hydrogen) atoms. The Morgan fingerprint density at radius 1 is 1.36 bits per heavy atom. The van der Waals surface area contributed by atoms with Gasteiger partial charge < -0.3 is 5.73 Å². The summed E-state index contributed by atoms with van der Waals surface area (Å²) in [6.07, 6.45) is 0.531. The highest BCUT2D eigenvalue weighted by Gasteiger charge is 2.08. The number of hydrogen-bond donors (Lipinski definition) is 1. The third-order valence-corrected chi connectivity index (χ3v) is 1.88. The molecule has 0 bridgehead atoms. The molecule has 0 heterocycles. The van der Waals surface area contributed by atoms with Gasteiger partial charge in [0.1, 0.15) is 11.6 Å². The Morgan fingerprint density at radius 3 is 2.29 bits per heavy atom. The van der Waals surface area contributed by atoms with Crippen LogP contribution >= 0.6 is 0 Å². The fourth-order valence-corrected chi connectivity index (χ4v) is 1.28. The van der Waals surface area contributed by atoms with Crippen molar-refractivity contribution in [3.05, 3.63) is 47.5 Å². The first-order valence-electron chi connectivity index (χ1n) is 4.35. The lowest BCUT2D eigenvalue weighted by atomic mass is 10.0. The average Bonchev–Trinajstić information content (AvgIpc) is 2.00. The molecule has 0 radical (unpaired) electrons. The zero-order valence-corrected chi connectivity index (χ0v) is 8.06. The number of benzene rings is 1. The largest absolute Gasteiger partial charge is 0.324 e. The van der Waals surface area contributed by atoms with Crippen molar-refractivity contribution < 1.29 is 8.78 Å². The monoisotopic (exact) mass is 197 g/mol. The van der Waals surface area contributed by atoms with E-state index in [1.807, 2.05) is 6.92 Å². The smallest absolute Gasteiger partial charge is 0.126 e. The lowest BCUT2D eigenvalue weighted by Gasteiger charge is -2.11. The van der Waals surface area contributed by atoms with Gasteiger partial charge in [-0.2, -0.15) is 0 Å². The molecule has 1 nitrogen and oxygen atoms in total. The van der Waals surface area contributed by atoms with E-state index in [9.17, 15) is 8.78 Å². The summed E-state index contributed by atoms with van der Waals surface area (Å²) < 4.78 is 25.6. The van der Waals surface area contributed by atoms with Gasteiger partial charge in [-0.3, -0.25) is 0 Å². The molecule has 0 aliphatic carbocycles. The molecule has 0 amide bonds. The van der Waals surface area contributed by atoms with Crippen LogP contribution in [0, 0.1) is 11.6 Å². The summed E-state index contributed by atoms with van der Waals surface area (Å²) in [6, 6.07) is 2.93.